The molecule has 21 heavy (non-hydrogen) atoms. The van der Waals surface area contributed by atoms with Gasteiger partial charge in [-0.25, -0.2) is 9.67 Å². The van der Waals surface area contributed by atoms with Crippen LogP contribution in [0.4, 0.5) is 11.4 Å². The van der Waals surface area contributed by atoms with E-state index in [0.717, 1.165) is 11.5 Å². The molecule has 2 aromatic heterocycles. The summed E-state index contributed by atoms with van der Waals surface area (Å²) in [7, 11) is 0. The highest BCUT2D eigenvalue weighted by atomic mass is 16.8. The molecule has 9 nitrogen and oxygen atoms in total. The minimum Gasteiger partial charge on any atom is -0.769 e. The van der Waals surface area contributed by atoms with E-state index in [4.69, 9.17) is 0 Å². The third-order valence-electron chi connectivity index (χ3n) is 2.94. The van der Waals surface area contributed by atoms with Gasteiger partial charge in [0, 0.05) is 17.3 Å². The van der Waals surface area contributed by atoms with Crippen LogP contribution in [0.3, 0.4) is 0 Å². The second-order valence-electron chi connectivity index (χ2n) is 4.19. The highest BCUT2D eigenvalue weighted by Gasteiger charge is 2.14. The number of rotatable bonds is 3. The Morgan fingerprint density at radius 3 is 2.67 bits per heavy atom. The quantitative estimate of drug-likeness (QED) is 0.699. The van der Waals surface area contributed by atoms with Gasteiger partial charge in [-0.3, -0.25) is 10.4 Å². The Labute approximate surface area is 118 Å². The summed E-state index contributed by atoms with van der Waals surface area (Å²) in [6, 6.07) is 7.20. The van der Waals surface area contributed by atoms with Crippen molar-refractivity contribution < 1.29 is 10.4 Å². The number of pyridine rings is 1. The summed E-state index contributed by atoms with van der Waals surface area (Å²) >= 11 is 0. The maximum absolute atomic E-state index is 10.8. The van der Waals surface area contributed by atoms with Gasteiger partial charge in [0.2, 0.25) is 0 Å². The largest absolute Gasteiger partial charge is 0.769 e. The first-order valence-corrected chi connectivity index (χ1v) is 5.83. The zero-order chi connectivity index (χ0) is 15.0. The van der Waals surface area contributed by atoms with Gasteiger partial charge in [0.25, 0.3) is 0 Å². The van der Waals surface area contributed by atoms with E-state index >= 15 is 0 Å². The highest BCUT2D eigenvalue weighted by Crippen LogP contribution is 2.29. The average molecular weight is 287 g/mol. The lowest BCUT2D eigenvalue weighted by Crippen LogP contribution is -2.16. The van der Waals surface area contributed by atoms with Crippen LogP contribution in [0.25, 0.3) is 16.7 Å². The molecule has 0 radical (unpaired) electrons. The standard InChI is InChI=1S/C12H9N5O4/c18-16(19)9-3-4-10(11(6-9)17(20)21)15-12-8(7-14-15)2-1-5-13-12/h1-7,20-21H/q-2. The molecule has 9 heteroatoms. The van der Waals surface area contributed by atoms with Crippen molar-refractivity contribution in [3.63, 3.8) is 0 Å². The third kappa shape index (κ3) is 2.26. The lowest BCUT2D eigenvalue weighted by atomic mass is 10.2. The molecule has 0 aliphatic heterocycles. The molecule has 3 aromatic rings. The Morgan fingerprint density at radius 1 is 1.14 bits per heavy atom. The van der Waals surface area contributed by atoms with Crippen LogP contribution in [0.1, 0.15) is 0 Å². The van der Waals surface area contributed by atoms with E-state index in [1.807, 2.05) is 0 Å². The second kappa shape index (κ2) is 5.00. The van der Waals surface area contributed by atoms with Crippen molar-refractivity contribution >= 4 is 22.4 Å². The summed E-state index contributed by atoms with van der Waals surface area (Å²) in [5, 5.41) is 44.2. The lowest BCUT2D eigenvalue weighted by Gasteiger charge is -2.37. The van der Waals surface area contributed by atoms with Gasteiger partial charge in [-0.2, -0.15) is 5.10 Å². The highest BCUT2D eigenvalue weighted by molar-refractivity contribution is 5.78. The fraction of sp³-hybridized carbons (Fsp3) is 0. The molecule has 0 fully saturated rings. The van der Waals surface area contributed by atoms with Gasteiger partial charge in [0.15, 0.2) is 5.65 Å². The number of aromatic nitrogens is 3. The molecule has 0 bridgehead atoms. The molecular formula is C12H9N5O4-2. The van der Waals surface area contributed by atoms with E-state index in [-0.39, 0.29) is 22.3 Å². The molecule has 0 saturated heterocycles. The van der Waals surface area contributed by atoms with E-state index in [0.29, 0.717) is 5.65 Å². The minimum atomic E-state index is -0.629. The Bertz CT molecular complexity index is 786. The fourth-order valence-electron chi connectivity index (χ4n) is 2.00. The van der Waals surface area contributed by atoms with Crippen molar-refractivity contribution in [1.82, 2.24) is 14.8 Å². The molecule has 108 valence electrons. The van der Waals surface area contributed by atoms with Gasteiger partial charge in [0.05, 0.1) is 11.9 Å². The lowest BCUT2D eigenvalue weighted by molar-refractivity contribution is 0.0291. The number of hydrogen-bond acceptors (Lipinski definition) is 8. The van der Waals surface area contributed by atoms with Crippen LogP contribution >= 0.6 is 0 Å². The molecule has 0 spiro atoms. The van der Waals surface area contributed by atoms with Crippen molar-refractivity contribution in [3.05, 3.63) is 53.1 Å². The summed E-state index contributed by atoms with van der Waals surface area (Å²) in [6.45, 7) is 0. The predicted molar refractivity (Wildman–Crippen MR) is 74.1 cm³/mol. The van der Waals surface area contributed by atoms with Gasteiger partial charge < -0.3 is 15.6 Å². The summed E-state index contributed by atoms with van der Waals surface area (Å²) in [6.07, 6.45) is 3.13. The number of nitrogens with zero attached hydrogens (tertiary/aromatic N) is 5. The van der Waals surface area contributed by atoms with Gasteiger partial charge in [-0.1, -0.05) is 0 Å². The topological polar surface area (TPSA) is 124 Å². The van der Waals surface area contributed by atoms with Crippen molar-refractivity contribution in [2.75, 3.05) is 10.5 Å². The Kier molecular flexibility index (Phi) is 3.16. The van der Waals surface area contributed by atoms with Gasteiger partial charge in [-0.05, 0) is 30.3 Å². The van der Waals surface area contributed by atoms with E-state index in [9.17, 15) is 20.8 Å². The van der Waals surface area contributed by atoms with Crippen LogP contribution in [0, 0.1) is 10.4 Å². The van der Waals surface area contributed by atoms with Crippen LogP contribution in [0.15, 0.2) is 42.7 Å². The molecule has 0 atom stereocenters. The molecule has 0 saturated carbocycles. The molecule has 0 unspecified atom stereocenters. The molecule has 0 amide bonds. The maximum Gasteiger partial charge on any atom is 0.162 e. The van der Waals surface area contributed by atoms with E-state index < -0.39 is 5.23 Å². The number of benzene rings is 1. The Morgan fingerprint density at radius 2 is 1.95 bits per heavy atom. The van der Waals surface area contributed by atoms with E-state index in [2.05, 4.69) is 10.1 Å². The first-order chi connectivity index (χ1) is 10.1. The summed E-state index contributed by atoms with van der Waals surface area (Å²) in [5.74, 6) is 0. The zero-order valence-corrected chi connectivity index (χ0v) is 10.5. The summed E-state index contributed by atoms with van der Waals surface area (Å²) < 4.78 is 1.37. The Hall–Kier alpha value is -2.72. The SMILES string of the molecule is [O-]N([O-])c1ccc(-n2ncc3cccnc32)c(N(O)O)c1. The number of fused-ring (bicyclic) bond motifs is 1. The first-order valence-electron chi connectivity index (χ1n) is 5.83. The summed E-state index contributed by atoms with van der Waals surface area (Å²) in [4.78, 5) is 4.16. The molecular weight excluding hydrogens is 278 g/mol. The fourth-order valence-corrected chi connectivity index (χ4v) is 2.00. The zero-order valence-electron chi connectivity index (χ0n) is 10.5. The predicted octanol–water partition coefficient (Wildman–Crippen LogP) is 1.81. The van der Waals surface area contributed by atoms with Crippen molar-refractivity contribution in [2.45, 2.75) is 0 Å². The van der Waals surface area contributed by atoms with Gasteiger partial charge in [-0.15, -0.1) is 5.23 Å². The van der Waals surface area contributed by atoms with Crippen LogP contribution < -0.4 is 10.5 Å². The number of hydrogen-bond donors (Lipinski definition) is 2. The van der Waals surface area contributed by atoms with Crippen molar-refractivity contribution in [3.8, 4) is 5.69 Å². The number of anilines is 2. The Balaban J connectivity index is 2.22. The minimum absolute atomic E-state index is 0.181. The monoisotopic (exact) mass is 287 g/mol. The average Bonchev–Trinajstić information content (AvgIpc) is 2.90. The van der Waals surface area contributed by atoms with Crippen LogP contribution in [-0.4, -0.2) is 25.2 Å². The molecule has 3 rings (SSSR count). The van der Waals surface area contributed by atoms with Gasteiger partial charge >= 0.3 is 0 Å². The van der Waals surface area contributed by atoms with Crippen molar-refractivity contribution in [1.29, 1.82) is 0 Å². The van der Waals surface area contributed by atoms with Crippen LogP contribution in [0.2, 0.25) is 0 Å². The molecule has 2 heterocycles. The van der Waals surface area contributed by atoms with E-state index in [1.165, 1.54) is 16.8 Å². The van der Waals surface area contributed by atoms with Gasteiger partial charge in [0.1, 0.15) is 5.69 Å². The smallest absolute Gasteiger partial charge is 0.162 e. The normalized spacial score (nSPS) is 10.9. The van der Waals surface area contributed by atoms with E-state index in [1.54, 1.807) is 24.5 Å². The molecule has 0 aliphatic carbocycles. The van der Waals surface area contributed by atoms with Crippen molar-refractivity contribution in [2.24, 2.45) is 0 Å². The van der Waals surface area contributed by atoms with Crippen LogP contribution in [0.5, 0.6) is 0 Å². The molecule has 0 aliphatic rings. The maximum atomic E-state index is 10.8. The van der Waals surface area contributed by atoms with Crippen LogP contribution in [-0.2, 0) is 0 Å². The summed E-state index contributed by atoms with van der Waals surface area (Å²) in [5.41, 5.74) is 0.292. The molecule has 2 N–H and O–H groups in total. The second-order valence-corrected chi connectivity index (χ2v) is 4.19. The molecule has 1 aromatic carbocycles. The third-order valence-corrected chi connectivity index (χ3v) is 2.94. The first kappa shape index (κ1) is 13.3.